The fourth-order valence-corrected chi connectivity index (χ4v) is 1.41. The second-order valence-corrected chi connectivity index (χ2v) is 3.01. The Morgan fingerprint density at radius 1 is 1.57 bits per heavy atom. The van der Waals surface area contributed by atoms with E-state index in [9.17, 15) is 0 Å². The molecule has 2 heterocycles. The third kappa shape index (κ3) is 1.39. The van der Waals surface area contributed by atoms with Crippen LogP contribution in [0.5, 0.6) is 0 Å². The van der Waals surface area contributed by atoms with E-state index in [0.29, 0.717) is 0 Å². The van der Waals surface area contributed by atoms with Crippen molar-refractivity contribution >= 4 is 0 Å². The molecule has 0 saturated heterocycles. The summed E-state index contributed by atoms with van der Waals surface area (Å²) in [6.45, 7) is 0. The number of nitrogens with zero attached hydrogens (tertiary/aromatic N) is 4. The Labute approximate surface area is 81.4 Å². The Morgan fingerprint density at radius 3 is 2.93 bits per heavy atom. The van der Waals surface area contributed by atoms with E-state index >= 15 is 0 Å². The van der Waals surface area contributed by atoms with Crippen LogP contribution in [-0.4, -0.2) is 32.0 Å². The number of aromatic nitrogens is 5. The lowest BCUT2D eigenvalue weighted by Gasteiger charge is -2.12. The van der Waals surface area contributed by atoms with E-state index in [-0.39, 0.29) is 6.04 Å². The van der Waals surface area contributed by atoms with Gasteiger partial charge in [0.1, 0.15) is 17.6 Å². The molecule has 0 radical (unpaired) electrons. The molecule has 2 N–H and O–H groups in total. The molecule has 0 aliphatic rings. The van der Waals surface area contributed by atoms with Crippen molar-refractivity contribution < 1.29 is 0 Å². The molecule has 1 atom stereocenters. The SMILES string of the molecule is CNC(c1cn[nH]n1)c1nccn1C. The standard InChI is InChI=1S/C8H12N6/c1-9-7(6-5-11-13-12-6)8-10-3-4-14(8)2/h3-5,7,9H,1-2H3,(H,11,12,13). The molecule has 74 valence electrons. The van der Waals surface area contributed by atoms with Crippen molar-refractivity contribution in [3.8, 4) is 0 Å². The van der Waals surface area contributed by atoms with Crippen LogP contribution in [0.1, 0.15) is 17.6 Å². The summed E-state index contributed by atoms with van der Waals surface area (Å²) in [6, 6.07) is -0.0197. The highest BCUT2D eigenvalue weighted by molar-refractivity contribution is 5.13. The smallest absolute Gasteiger partial charge is 0.131 e. The first-order valence-corrected chi connectivity index (χ1v) is 4.33. The minimum Gasteiger partial charge on any atom is -0.336 e. The maximum atomic E-state index is 4.26. The summed E-state index contributed by atoms with van der Waals surface area (Å²) in [5, 5.41) is 13.5. The van der Waals surface area contributed by atoms with Gasteiger partial charge in [0.25, 0.3) is 0 Å². The first-order valence-electron chi connectivity index (χ1n) is 4.33. The highest BCUT2D eigenvalue weighted by Crippen LogP contribution is 2.15. The molecule has 0 spiro atoms. The van der Waals surface area contributed by atoms with Crippen LogP contribution < -0.4 is 5.32 Å². The first-order chi connectivity index (χ1) is 6.83. The van der Waals surface area contributed by atoms with Crippen molar-refractivity contribution in [1.29, 1.82) is 0 Å². The molecular formula is C8H12N6. The molecule has 0 aliphatic carbocycles. The van der Waals surface area contributed by atoms with E-state index in [4.69, 9.17) is 0 Å². The van der Waals surface area contributed by atoms with Crippen LogP contribution in [0.15, 0.2) is 18.6 Å². The lowest BCUT2D eigenvalue weighted by molar-refractivity contribution is 0.601. The number of aromatic amines is 1. The van der Waals surface area contributed by atoms with Gasteiger partial charge in [0.05, 0.1) is 6.20 Å². The highest BCUT2D eigenvalue weighted by Gasteiger charge is 2.18. The topological polar surface area (TPSA) is 71.4 Å². The number of imidazole rings is 1. The van der Waals surface area contributed by atoms with Crippen molar-refractivity contribution in [2.75, 3.05) is 7.05 Å². The monoisotopic (exact) mass is 192 g/mol. The maximum absolute atomic E-state index is 4.26. The zero-order valence-electron chi connectivity index (χ0n) is 8.10. The zero-order chi connectivity index (χ0) is 9.97. The van der Waals surface area contributed by atoms with Crippen LogP contribution in [0.4, 0.5) is 0 Å². The summed E-state index contributed by atoms with van der Waals surface area (Å²) < 4.78 is 1.95. The van der Waals surface area contributed by atoms with Gasteiger partial charge in [0.15, 0.2) is 0 Å². The van der Waals surface area contributed by atoms with E-state index in [2.05, 4.69) is 25.7 Å². The summed E-state index contributed by atoms with van der Waals surface area (Å²) >= 11 is 0. The average molecular weight is 192 g/mol. The zero-order valence-corrected chi connectivity index (χ0v) is 8.10. The molecule has 1 unspecified atom stereocenters. The van der Waals surface area contributed by atoms with Gasteiger partial charge in [-0.1, -0.05) is 0 Å². The van der Waals surface area contributed by atoms with E-state index < -0.39 is 0 Å². The second kappa shape index (κ2) is 3.59. The Bertz CT molecular complexity index is 390. The van der Waals surface area contributed by atoms with Crippen molar-refractivity contribution in [1.82, 2.24) is 30.3 Å². The van der Waals surface area contributed by atoms with Crippen molar-refractivity contribution in [3.63, 3.8) is 0 Å². The predicted molar refractivity (Wildman–Crippen MR) is 50.5 cm³/mol. The molecule has 6 heteroatoms. The van der Waals surface area contributed by atoms with Crippen LogP contribution >= 0.6 is 0 Å². The minimum absolute atomic E-state index is 0.0197. The van der Waals surface area contributed by atoms with Crippen LogP contribution in [0.2, 0.25) is 0 Å². The number of hydrogen-bond donors (Lipinski definition) is 2. The molecular weight excluding hydrogens is 180 g/mol. The molecule has 2 aromatic rings. The second-order valence-electron chi connectivity index (χ2n) is 3.01. The van der Waals surface area contributed by atoms with Gasteiger partial charge in [0.2, 0.25) is 0 Å². The predicted octanol–water partition coefficient (Wildman–Crippen LogP) is -0.153. The third-order valence-corrected chi connectivity index (χ3v) is 2.13. The Kier molecular flexibility index (Phi) is 2.28. The summed E-state index contributed by atoms with van der Waals surface area (Å²) in [4.78, 5) is 4.26. The molecule has 2 aromatic heterocycles. The van der Waals surface area contributed by atoms with Gasteiger partial charge in [0, 0.05) is 19.4 Å². The molecule has 2 rings (SSSR count). The largest absolute Gasteiger partial charge is 0.336 e. The summed E-state index contributed by atoms with van der Waals surface area (Å²) in [5.74, 6) is 0.918. The number of rotatable bonds is 3. The fraction of sp³-hybridized carbons (Fsp3) is 0.375. The van der Waals surface area contributed by atoms with Gasteiger partial charge in [-0.3, -0.25) is 0 Å². The fourth-order valence-electron chi connectivity index (χ4n) is 1.41. The maximum Gasteiger partial charge on any atom is 0.131 e. The van der Waals surface area contributed by atoms with Crippen LogP contribution in [0.3, 0.4) is 0 Å². The molecule has 14 heavy (non-hydrogen) atoms. The van der Waals surface area contributed by atoms with Crippen LogP contribution in [-0.2, 0) is 7.05 Å². The van der Waals surface area contributed by atoms with E-state index in [0.717, 1.165) is 11.5 Å². The Hall–Kier alpha value is -1.69. The number of H-pyrrole nitrogens is 1. The van der Waals surface area contributed by atoms with Crippen molar-refractivity contribution in [2.24, 2.45) is 7.05 Å². The molecule has 0 amide bonds. The van der Waals surface area contributed by atoms with E-state index in [1.165, 1.54) is 0 Å². The van der Waals surface area contributed by atoms with E-state index in [1.807, 2.05) is 24.9 Å². The molecule has 6 nitrogen and oxygen atoms in total. The highest BCUT2D eigenvalue weighted by atomic mass is 15.3. The van der Waals surface area contributed by atoms with Crippen LogP contribution in [0.25, 0.3) is 0 Å². The van der Waals surface area contributed by atoms with Gasteiger partial charge < -0.3 is 9.88 Å². The molecule has 0 aliphatic heterocycles. The van der Waals surface area contributed by atoms with Crippen LogP contribution in [0, 0.1) is 0 Å². The molecule has 0 bridgehead atoms. The first kappa shape index (κ1) is 8.89. The number of aryl methyl sites for hydroxylation is 1. The molecule has 0 aromatic carbocycles. The Morgan fingerprint density at radius 2 is 2.43 bits per heavy atom. The summed E-state index contributed by atoms with van der Waals surface area (Å²) in [6.07, 6.45) is 5.36. The van der Waals surface area contributed by atoms with Crippen molar-refractivity contribution in [2.45, 2.75) is 6.04 Å². The number of hydrogen-bond acceptors (Lipinski definition) is 4. The molecule has 0 fully saturated rings. The Balaban J connectivity index is 2.36. The normalized spacial score (nSPS) is 13.0. The summed E-state index contributed by atoms with van der Waals surface area (Å²) in [5.41, 5.74) is 0.835. The van der Waals surface area contributed by atoms with Crippen molar-refractivity contribution in [3.05, 3.63) is 30.1 Å². The van der Waals surface area contributed by atoms with Gasteiger partial charge in [-0.05, 0) is 7.05 Å². The number of nitrogens with one attached hydrogen (secondary N) is 2. The lowest BCUT2D eigenvalue weighted by Crippen LogP contribution is -2.21. The van der Waals surface area contributed by atoms with Gasteiger partial charge in [-0.25, -0.2) is 4.98 Å². The van der Waals surface area contributed by atoms with Gasteiger partial charge >= 0.3 is 0 Å². The third-order valence-electron chi connectivity index (χ3n) is 2.13. The average Bonchev–Trinajstić information content (AvgIpc) is 2.80. The van der Waals surface area contributed by atoms with E-state index in [1.54, 1.807) is 12.4 Å². The summed E-state index contributed by atoms with van der Waals surface area (Å²) in [7, 11) is 3.82. The lowest BCUT2D eigenvalue weighted by atomic mass is 10.2. The van der Waals surface area contributed by atoms with Gasteiger partial charge in [-0.2, -0.15) is 15.4 Å². The van der Waals surface area contributed by atoms with Gasteiger partial charge in [-0.15, -0.1) is 0 Å². The quantitative estimate of drug-likeness (QED) is 0.709. The minimum atomic E-state index is -0.0197. The molecule has 0 saturated carbocycles.